The summed E-state index contributed by atoms with van der Waals surface area (Å²) in [6.45, 7) is 9.01. The van der Waals surface area contributed by atoms with E-state index in [0.717, 1.165) is 32.4 Å². The van der Waals surface area contributed by atoms with E-state index in [-0.39, 0.29) is 0 Å². The van der Waals surface area contributed by atoms with E-state index in [0.29, 0.717) is 18.5 Å². The second kappa shape index (κ2) is 6.97. The maximum atomic E-state index is 11.2. The summed E-state index contributed by atoms with van der Waals surface area (Å²) >= 11 is 0. The van der Waals surface area contributed by atoms with Gasteiger partial charge in [0.2, 0.25) is 0 Å². The zero-order chi connectivity index (χ0) is 12.8. The van der Waals surface area contributed by atoms with Gasteiger partial charge in [-0.05, 0) is 25.3 Å². The number of aliphatic carboxylic acids is 1. The molecule has 0 heterocycles. The van der Waals surface area contributed by atoms with E-state index in [2.05, 4.69) is 31.0 Å². The molecular formula is C13H26N2O2. The van der Waals surface area contributed by atoms with Crippen molar-refractivity contribution in [1.29, 1.82) is 0 Å². The predicted molar refractivity (Wildman–Crippen MR) is 69.2 cm³/mol. The Bertz CT molecular complexity index is 242. The van der Waals surface area contributed by atoms with E-state index in [4.69, 9.17) is 0 Å². The lowest BCUT2D eigenvalue weighted by Crippen LogP contribution is -2.47. The van der Waals surface area contributed by atoms with Crippen molar-refractivity contribution in [1.82, 2.24) is 10.2 Å². The fourth-order valence-corrected chi connectivity index (χ4v) is 1.90. The lowest BCUT2D eigenvalue weighted by Gasteiger charge is -2.27. The first-order valence-corrected chi connectivity index (χ1v) is 6.78. The summed E-state index contributed by atoms with van der Waals surface area (Å²) in [5.41, 5.74) is 0. The molecule has 0 bridgehead atoms. The van der Waals surface area contributed by atoms with Crippen LogP contribution in [0.2, 0.25) is 0 Å². The molecule has 0 saturated heterocycles. The minimum Gasteiger partial charge on any atom is -0.480 e. The molecule has 0 aromatic heterocycles. The Labute approximate surface area is 104 Å². The summed E-state index contributed by atoms with van der Waals surface area (Å²) in [5.74, 6) is -0.0928. The molecule has 4 nitrogen and oxygen atoms in total. The van der Waals surface area contributed by atoms with Gasteiger partial charge in [0.05, 0.1) is 0 Å². The number of nitrogens with zero attached hydrogens (tertiary/aromatic N) is 1. The van der Waals surface area contributed by atoms with Crippen molar-refractivity contribution in [3.05, 3.63) is 0 Å². The van der Waals surface area contributed by atoms with E-state index >= 15 is 0 Å². The van der Waals surface area contributed by atoms with Crippen LogP contribution in [-0.4, -0.2) is 47.7 Å². The van der Waals surface area contributed by atoms with Gasteiger partial charge >= 0.3 is 5.97 Å². The Kier molecular flexibility index (Phi) is 5.92. The van der Waals surface area contributed by atoms with Crippen molar-refractivity contribution < 1.29 is 9.90 Å². The number of rotatable bonds is 9. The largest absolute Gasteiger partial charge is 0.480 e. The lowest BCUT2D eigenvalue weighted by molar-refractivity contribution is -0.140. The molecule has 2 atom stereocenters. The van der Waals surface area contributed by atoms with Crippen LogP contribution >= 0.6 is 0 Å². The van der Waals surface area contributed by atoms with E-state index < -0.39 is 12.0 Å². The summed E-state index contributed by atoms with van der Waals surface area (Å²) in [6, 6.07) is 0.0323. The molecule has 4 heteroatoms. The van der Waals surface area contributed by atoms with Crippen LogP contribution in [0.3, 0.4) is 0 Å². The van der Waals surface area contributed by atoms with Crippen LogP contribution in [0, 0.1) is 5.92 Å². The van der Waals surface area contributed by atoms with Gasteiger partial charge in [0.25, 0.3) is 0 Å². The van der Waals surface area contributed by atoms with E-state index in [1.54, 1.807) is 0 Å². The molecule has 1 fully saturated rings. The van der Waals surface area contributed by atoms with Gasteiger partial charge in [0.15, 0.2) is 0 Å². The molecule has 0 amide bonds. The van der Waals surface area contributed by atoms with Crippen molar-refractivity contribution in [2.75, 3.05) is 19.6 Å². The van der Waals surface area contributed by atoms with Crippen molar-refractivity contribution >= 4 is 5.97 Å². The number of carboxylic acid groups (broad SMARTS) is 1. The van der Waals surface area contributed by atoms with Gasteiger partial charge < -0.3 is 15.3 Å². The molecule has 1 aliphatic carbocycles. The molecule has 1 saturated carbocycles. The van der Waals surface area contributed by atoms with Gasteiger partial charge in [-0.3, -0.25) is 4.79 Å². The fourth-order valence-electron chi connectivity index (χ4n) is 1.90. The standard InChI is InChI=1S/C13H26N2O2/c1-4-10(3)8-15(5-2)9-12(13(16)17)14-11-6-7-11/h10-12,14H,4-9H2,1-3H3,(H,16,17). The highest BCUT2D eigenvalue weighted by atomic mass is 16.4. The Hall–Kier alpha value is -0.610. The Balaban J connectivity index is 2.41. The van der Waals surface area contributed by atoms with Crippen molar-refractivity contribution in [3.63, 3.8) is 0 Å². The number of carboxylic acids is 1. The van der Waals surface area contributed by atoms with Gasteiger partial charge in [-0.15, -0.1) is 0 Å². The average molecular weight is 242 g/mol. The molecule has 0 spiro atoms. The molecular weight excluding hydrogens is 216 g/mol. The molecule has 1 aliphatic rings. The molecule has 0 aromatic carbocycles. The monoisotopic (exact) mass is 242 g/mol. The quantitative estimate of drug-likeness (QED) is 0.644. The highest BCUT2D eigenvalue weighted by Crippen LogP contribution is 2.19. The molecule has 1 rings (SSSR count). The van der Waals surface area contributed by atoms with Crippen molar-refractivity contribution in [2.45, 2.75) is 52.1 Å². The third kappa shape index (κ3) is 5.50. The molecule has 0 aromatic rings. The lowest BCUT2D eigenvalue weighted by atomic mass is 10.1. The smallest absolute Gasteiger partial charge is 0.322 e. The zero-order valence-corrected chi connectivity index (χ0v) is 11.3. The minimum absolute atomic E-state index is 0.411. The van der Waals surface area contributed by atoms with Crippen LogP contribution in [0.15, 0.2) is 0 Å². The van der Waals surface area contributed by atoms with Crippen molar-refractivity contribution in [2.24, 2.45) is 5.92 Å². The van der Waals surface area contributed by atoms with Gasteiger partial charge in [-0.2, -0.15) is 0 Å². The van der Waals surface area contributed by atoms with Gasteiger partial charge in [0.1, 0.15) is 6.04 Å². The molecule has 0 radical (unpaired) electrons. The first kappa shape index (κ1) is 14.5. The summed E-state index contributed by atoms with van der Waals surface area (Å²) in [7, 11) is 0. The third-order valence-corrected chi connectivity index (χ3v) is 3.47. The highest BCUT2D eigenvalue weighted by Gasteiger charge is 2.29. The number of hydrogen-bond donors (Lipinski definition) is 2. The zero-order valence-electron chi connectivity index (χ0n) is 11.3. The average Bonchev–Trinajstić information content (AvgIpc) is 3.10. The Morgan fingerprint density at radius 2 is 2.06 bits per heavy atom. The SMILES string of the molecule is CCC(C)CN(CC)CC(NC1CC1)C(=O)O. The summed E-state index contributed by atoms with van der Waals surface area (Å²) in [6.07, 6.45) is 3.40. The first-order valence-electron chi connectivity index (χ1n) is 6.78. The molecule has 2 N–H and O–H groups in total. The second-order valence-corrected chi connectivity index (χ2v) is 5.20. The molecule has 2 unspecified atom stereocenters. The summed E-state index contributed by atoms with van der Waals surface area (Å²) < 4.78 is 0. The molecule has 100 valence electrons. The predicted octanol–water partition coefficient (Wildman–Crippen LogP) is 1.56. The third-order valence-electron chi connectivity index (χ3n) is 3.47. The van der Waals surface area contributed by atoms with Crippen LogP contribution in [0.4, 0.5) is 0 Å². The first-order chi connectivity index (χ1) is 8.06. The highest BCUT2D eigenvalue weighted by molar-refractivity contribution is 5.73. The van der Waals surface area contributed by atoms with Crippen LogP contribution < -0.4 is 5.32 Å². The molecule has 17 heavy (non-hydrogen) atoms. The van der Waals surface area contributed by atoms with E-state index in [1.807, 2.05) is 0 Å². The van der Waals surface area contributed by atoms with Crippen LogP contribution in [0.1, 0.15) is 40.0 Å². The maximum absolute atomic E-state index is 11.2. The summed E-state index contributed by atoms with van der Waals surface area (Å²) in [4.78, 5) is 13.4. The number of nitrogens with one attached hydrogen (secondary N) is 1. The van der Waals surface area contributed by atoms with E-state index in [1.165, 1.54) is 0 Å². The van der Waals surface area contributed by atoms with Gasteiger partial charge in [-0.1, -0.05) is 27.2 Å². The van der Waals surface area contributed by atoms with E-state index in [9.17, 15) is 9.90 Å². The number of carbonyl (C=O) groups is 1. The minimum atomic E-state index is -0.723. The van der Waals surface area contributed by atoms with Gasteiger partial charge in [0, 0.05) is 19.1 Å². The number of hydrogen-bond acceptors (Lipinski definition) is 3. The van der Waals surface area contributed by atoms with Crippen LogP contribution in [0.5, 0.6) is 0 Å². The number of likely N-dealkylation sites (N-methyl/N-ethyl adjacent to an activating group) is 1. The van der Waals surface area contributed by atoms with Gasteiger partial charge in [-0.25, -0.2) is 0 Å². The molecule has 0 aliphatic heterocycles. The maximum Gasteiger partial charge on any atom is 0.322 e. The van der Waals surface area contributed by atoms with Crippen LogP contribution in [-0.2, 0) is 4.79 Å². The van der Waals surface area contributed by atoms with Crippen molar-refractivity contribution in [3.8, 4) is 0 Å². The summed E-state index contributed by atoms with van der Waals surface area (Å²) in [5, 5.41) is 12.4. The second-order valence-electron chi connectivity index (χ2n) is 5.20. The topological polar surface area (TPSA) is 52.6 Å². The fraction of sp³-hybridized carbons (Fsp3) is 0.923. The Morgan fingerprint density at radius 3 is 2.47 bits per heavy atom. The van der Waals surface area contributed by atoms with Crippen LogP contribution in [0.25, 0.3) is 0 Å². The Morgan fingerprint density at radius 1 is 1.41 bits per heavy atom. The normalized spacial score (nSPS) is 19.3.